The van der Waals surface area contributed by atoms with Gasteiger partial charge >= 0.3 is 5.69 Å². The van der Waals surface area contributed by atoms with E-state index in [4.69, 9.17) is 0 Å². The van der Waals surface area contributed by atoms with Crippen molar-refractivity contribution in [2.45, 2.75) is 32.7 Å². The van der Waals surface area contributed by atoms with Gasteiger partial charge in [-0.05, 0) is 46.9 Å². The molecule has 1 N–H and O–H groups in total. The minimum atomic E-state index is -0.207. The number of nitrogens with zero attached hydrogens (tertiary/aromatic N) is 5. The van der Waals surface area contributed by atoms with Gasteiger partial charge in [0.2, 0.25) is 5.82 Å². The lowest BCUT2D eigenvalue weighted by atomic mass is 9.98. The molecular weight excluding hydrogens is 452 g/mol. The number of tetrazole rings is 1. The highest BCUT2D eigenvalue weighted by molar-refractivity contribution is 5.80. The van der Waals surface area contributed by atoms with Gasteiger partial charge in [0.25, 0.3) is 0 Å². The Morgan fingerprint density at radius 2 is 1.64 bits per heavy atom. The molecule has 0 aliphatic rings. The van der Waals surface area contributed by atoms with Crippen LogP contribution < -0.4 is 5.69 Å². The molecule has 0 spiro atoms. The molecule has 2 heterocycles. The van der Waals surface area contributed by atoms with E-state index < -0.39 is 0 Å². The standard InChI is InChI=1S/C28H26N6O2/c1-2-3-13-25-26(19-35)34(22-9-5-4-6-10-22)28(36)33(25)18-20-14-16-21(17-15-20)23-11-7-8-12-24(23)27-29-31-32-30-27/h4-12,14-17,19H,2-3,13,18H2,1H3,(H,29,30,31,32). The van der Waals surface area contributed by atoms with Crippen molar-refractivity contribution in [3.8, 4) is 28.2 Å². The summed E-state index contributed by atoms with van der Waals surface area (Å²) in [5.41, 5.74) is 5.52. The molecule has 0 aliphatic carbocycles. The van der Waals surface area contributed by atoms with E-state index in [1.54, 1.807) is 4.57 Å². The Morgan fingerprint density at radius 1 is 0.917 bits per heavy atom. The molecule has 5 rings (SSSR count). The Bertz CT molecular complexity index is 1520. The number of aromatic nitrogens is 6. The summed E-state index contributed by atoms with van der Waals surface area (Å²) in [4.78, 5) is 25.7. The van der Waals surface area contributed by atoms with Gasteiger partial charge in [-0.25, -0.2) is 4.79 Å². The van der Waals surface area contributed by atoms with Crippen molar-refractivity contribution in [2.75, 3.05) is 0 Å². The van der Waals surface area contributed by atoms with Crippen LogP contribution in [-0.4, -0.2) is 36.0 Å². The molecule has 36 heavy (non-hydrogen) atoms. The van der Waals surface area contributed by atoms with Crippen molar-refractivity contribution in [1.29, 1.82) is 0 Å². The average molecular weight is 479 g/mol. The summed E-state index contributed by atoms with van der Waals surface area (Å²) < 4.78 is 3.25. The Kier molecular flexibility index (Phi) is 6.66. The van der Waals surface area contributed by atoms with Crippen LogP contribution in [0.5, 0.6) is 0 Å². The number of hydrogen-bond acceptors (Lipinski definition) is 5. The van der Waals surface area contributed by atoms with Gasteiger partial charge < -0.3 is 0 Å². The number of carbonyl (C=O) groups excluding carboxylic acids is 1. The number of imidazole rings is 1. The third kappa shape index (κ3) is 4.40. The van der Waals surface area contributed by atoms with Gasteiger partial charge in [-0.2, -0.15) is 5.21 Å². The molecule has 0 radical (unpaired) electrons. The number of unbranched alkanes of at least 4 members (excludes halogenated alkanes) is 1. The van der Waals surface area contributed by atoms with E-state index in [0.717, 1.165) is 47.1 Å². The molecule has 3 aromatic carbocycles. The van der Waals surface area contributed by atoms with Crippen LogP contribution in [0, 0.1) is 0 Å². The van der Waals surface area contributed by atoms with E-state index in [-0.39, 0.29) is 5.69 Å². The second-order valence-corrected chi connectivity index (χ2v) is 8.57. The zero-order valence-corrected chi connectivity index (χ0v) is 20.0. The van der Waals surface area contributed by atoms with E-state index in [2.05, 4.69) is 27.5 Å². The second-order valence-electron chi connectivity index (χ2n) is 8.57. The summed E-state index contributed by atoms with van der Waals surface area (Å²) in [5.74, 6) is 0.533. The van der Waals surface area contributed by atoms with Crippen molar-refractivity contribution in [2.24, 2.45) is 0 Å². The summed E-state index contributed by atoms with van der Waals surface area (Å²) in [6, 6.07) is 25.3. The van der Waals surface area contributed by atoms with E-state index in [9.17, 15) is 9.59 Å². The molecule has 0 aliphatic heterocycles. The zero-order chi connectivity index (χ0) is 24.9. The van der Waals surface area contributed by atoms with Crippen molar-refractivity contribution in [3.63, 3.8) is 0 Å². The van der Waals surface area contributed by atoms with Crippen LogP contribution in [-0.2, 0) is 13.0 Å². The van der Waals surface area contributed by atoms with Crippen LogP contribution in [0.25, 0.3) is 28.2 Å². The molecule has 0 amide bonds. The Morgan fingerprint density at radius 3 is 2.31 bits per heavy atom. The molecule has 180 valence electrons. The minimum Gasteiger partial charge on any atom is -0.296 e. The predicted molar refractivity (Wildman–Crippen MR) is 138 cm³/mol. The number of aromatic amines is 1. The quantitative estimate of drug-likeness (QED) is 0.310. The Balaban J connectivity index is 1.52. The molecule has 2 aromatic heterocycles. The van der Waals surface area contributed by atoms with E-state index >= 15 is 0 Å². The van der Waals surface area contributed by atoms with Gasteiger partial charge in [-0.1, -0.05) is 80.1 Å². The summed E-state index contributed by atoms with van der Waals surface area (Å²) in [6.07, 6.45) is 3.33. The number of H-pyrrole nitrogens is 1. The fraction of sp³-hybridized carbons (Fsp3) is 0.179. The fourth-order valence-electron chi connectivity index (χ4n) is 4.50. The molecule has 0 fully saturated rings. The summed E-state index contributed by atoms with van der Waals surface area (Å²) in [6.45, 7) is 2.48. The van der Waals surface area contributed by atoms with Crippen LogP contribution in [0.15, 0.2) is 83.7 Å². The molecule has 0 unspecified atom stereocenters. The molecule has 0 atom stereocenters. The van der Waals surface area contributed by atoms with Gasteiger partial charge in [-0.15, -0.1) is 10.2 Å². The molecule has 5 aromatic rings. The Hall–Kier alpha value is -4.59. The van der Waals surface area contributed by atoms with Crippen LogP contribution in [0.1, 0.15) is 41.5 Å². The number of hydrogen-bond donors (Lipinski definition) is 1. The molecule has 0 saturated heterocycles. The molecular formula is C28H26N6O2. The summed E-state index contributed by atoms with van der Waals surface area (Å²) >= 11 is 0. The lowest BCUT2D eigenvalue weighted by molar-refractivity contribution is 0.111. The van der Waals surface area contributed by atoms with Gasteiger partial charge in [0.05, 0.1) is 17.9 Å². The lowest BCUT2D eigenvalue weighted by Crippen LogP contribution is -2.25. The second kappa shape index (κ2) is 10.4. The van der Waals surface area contributed by atoms with Crippen molar-refractivity contribution in [1.82, 2.24) is 29.8 Å². The number of carbonyl (C=O) groups is 1. The maximum absolute atomic E-state index is 13.5. The molecule has 8 heteroatoms. The third-order valence-electron chi connectivity index (χ3n) is 6.30. The number of aldehydes is 1. The minimum absolute atomic E-state index is 0.207. The number of rotatable bonds is 9. The summed E-state index contributed by atoms with van der Waals surface area (Å²) in [5, 5.41) is 14.4. The molecule has 8 nitrogen and oxygen atoms in total. The van der Waals surface area contributed by atoms with Crippen LogP contribution in [0.2, 0.25) is 0 Å². The van der Waals surface area contributed by atoms with Crippen molar-refractivity contribution < 1.29 is 4.79 Å². The Labute approximate surface area is 208 Å². The molecule has 0 saturated carbocycles. The van der Waals surface area contributed by atoms with Gasteiger partial charge in [0, 0.05) is 5.56 Å². The maximum atomic E-state index is 13.5. The van der Waals surface area contributed by atoms with Crippen LogP contribution in [0.3, 0.4) is 0 Å². The lowest BCUT2D eigenvalue weighted by Gasteiger charge is -2.10. The molecule has 0 bridgehead atoms. The number of benzene rings is 3. The number of nitrogens with one attached hydrogen (secondary N) is 1. The first-order chi connectivity index (χ1) is 17.7. The average Bonchev–Trinajstić information content (AvgIpc) is 3.55. The largest absolute Gasteiger partial charge is 0.333 e. The predicted octanol–water partition coefficient (Wildman–Crippen LogP) is 4.69. The number of para-hydroxylation sites is 1. The first kappa shape index (κ1) is 23.2. The highest BCUT2D eigenvalue weighted by atomic mass is 16.2. The normalized spacial score (nSPS) is 11.0. The first-order valence-corrected chi connectivity index (χ1v) is 12.0. The van der Waals surface area contributed by atoms with Gasteiger partial charge in [-0.3, -0.25) is 13.9 Å². The van der Waals surface area contributed by atoms with E-state index in [0.29, 0.717) is 30.2 Å². The van der Waals surface area contributed by atoms with Gasteiger partial charge in [0.15, 0.2) is 6.29 Å². The fourth-order valence-corrected chi connectivity index (χ4v) is 4.50. The van der Waals surface area contributed by atoms with Crippen LogP contribution in [0.4, 0.5) is 0 Å². The highest BCUT2D eigenvalue weighted by Crippen LogP contribution is 2.30. The van der Waals surface area contributed by atoms with Crippen molar-refractivity contribution in [3.05, 3.63) is 106 Å². The summed E-state index contributed by atoms with van der Waals surface area (Å²) in [7, 11) is 0. The third-order valence-corrected chi connectivity index (χ3v) is 6.30. The topological polar surface area (TPSA) is 98.5 Å². The maximum Gasteiger partial charge on any atom is 0.333 e. The monoisotopic (exact) mass is 478 g/mol. The van der Waals surface area contributed by atoms with Gasteiger partial charge in [0.1, 0.15) is 5.69 Å². The van der Waals surface area contributed by atoms with Crippen molar-refractivity contribution >= 4 is 6.29 Å². The zero-order valence-electron chi connectivity index (χ0n) is 20.0. The smallest absolute Gasteiger partial charge is 0.296 e. The van der Waals surface area contributed by atoms with E-state index in [1.807, 2.05) is 78.9 Å². The van der Waals surface area contributed by atoms with E-state index in [1.165, 1.54) is 4.57 Å². The SMILES string of the molecule is CCCCc1c(C=O)n(-c2ccccc2)c(=O)n1Cc1ccc(-c2ccccc2-c2nn[nH]n2)cc1. The first-order valence-electron chi connectivity index (χ1n) is 12.0. The highest BCUT2D eigenvalue weighted by Gasteiger charge is 2.20. The van der Waals surface area contributed by atoms with Crippen LogP contribution >= 0.6 is 0 Å².